The van der Waals surface area contributed by atoms with Crippen LogP contribution >= 0.6 is 0 Å². The molecule has 3 aromatic rings. The summed E-state index contributed by atoms with van der Waals surface area (Å²) in [6.45, 7) is 4.09. The predicted molar refractivity (Wildman–Crippen MR) is 108 cm³/mol. The van der Waals surface area contributed by atoms with E-state index in [1.165, 1.54) is 0 Å². The van der Waals surface area contributed by atoms with Crippen molar-refractivity contribution in [2.45, 2.75) is 33.2 Å². The zero-order chi connectivity index (χ0) is 20.6. The average molecular weight is 393 g/mol. The molecule has 0 atom stereocenters. The monoisotopic (exact) mass is 393 g/mol. The van der Waals surface area contributed by atoms with Gasteiger partial charge in [0.25, 0.3) is 0 Å². The molecule has 0 bridgehead atoms. The first-order valence-electron chi connectivity index (χ1n) is 9.41. The maximum atomic E-state index is 12.1. The lowest BCUT2D eigenvalue weighted by Gasteiger charge is -2.09. The summed E-state index contributed by atoms with van der Waals surface area (Å²) in [4.78, 5) is 32.0. The van der Waals surface area contributed by atoms with Gasteiger partial charge in [0.2, 0.25) is 23.5 Å². The van der Waals surface area contributed by atoms with Crippen molar-refractivity contribution in [2.24, 2.45) is 5.92 Å². The summed E-state index contributed by atoms with van der Waals surface area (Å²) in [7, 11) is 0. The first-order valence-corrected chi connectivity index (χ1v) is 9.41. The van der Waals surface area contributed by atoms with Gasteiger partial charge in [0.1, 0.15) is 0 Å². The Morgan fingerprint density at radius 2 is 1.79 bits per heavy atom. The molecule has 0 radical (unpaired) electrons. The molecule has 29 heavy (non-hydrogen) atoms. The molecule has 0 saturated carbocycles. The molecule has 1 aromatic carbocycles. The Morgan fingerprint density at radius 3 is 2.48 bits per heavy atom. The lowest BCUT2D eigenvalue weighted by atomic mass is 10.1. The molecule has 150 valence electrons. The van der Waals surface area contributed by atoms with E-state index in [0.717, 1.165) is 16.8 Å². The largest absolute Gasteiger partial charge is 0.352 e. The lowest BCUT2D eigenvalue weighted by Crippen LogP contribution is -2.23. The minimum atomic E-state index is -0.106. The molecule has 2 N–H and O–H groups in total. The van der Waals surface area contributed by atoms with Crippen LogP contribution in [0.3, 0.4) is 0 Å². The topological polar surface area (TPSA) is 110 Å². The third-order valence-corrected chi connectivity index (χ3v) is 4.21. The summed E-state index contributed by atoms with van der Waals surface area (Å²) in [6, 6.07) is 11.0. The fourth-order valence-electron chi connectivity index (χ4n) is 2.48. The Kier molecular flexibility index (Phi) is 6.67. The number of rotatable bonds is 8. The number of hydrogen-bond donors (Lipinski definition) is 2. The van der Waals surface area contributed by atoms with Gasteiger partial charge in [-0.15, -0.1) is 0 Å². The third kappa shape index (κ3) is 5.97. The van der Waals surface area contributed by atoms with Crippen LogP contribution in [-0.2, 0) is 22.6 Å². The molecule has 0 saturated heterocycles. The highest BCUT2D eigenvalue weighted by atomic mass is 16.5. The van der Waals surface area contributed by atoms with Crippen LogP contribution in [0.2, 0.25) is 0 Å². The first kappa shape index (κ1) is 20.2. The summed E-state index contributed by atoms with van der Waals surface area (Å²) in [6.07, 6.45) is 3.93. The number of nitrogens with one attached hydrogen (secondary N) is 2. The second-order valence-electron chi connectivity index (χ2n) is 6.87. The number of amides is 2. The van der Waals surface area contributed by atoms with E-state index in [2.05, 4.69) is 25.8 Å². The van der Waals surface area contributed by atoms with Crippen molar-refractivity contribution in [1.82, 2.24) is 20.4 Å². The summed E-state index contributed by atoms with van der Waals surface area (Å²) in [5.74, 6) is 0.684. The number of benzene rings is 1. The Hall–Kier alpha value is -3.55. The van der Waals surface area contributed by atoms with Gasteiger partial charge in [-0.1, -0.05) is 31.1 Å². The van der Waals surface area contributed by atoms with Crippen molar-refractivity contribution in [1.29, 1.82) is 0 Å². The highest BCUT2D eigenvalue weighted by Crippen LogP contribution is 2.15. The molecule has 2 heterocycles. The van der Waals surface area contributed by atoms with Gasteiger partial charge < -0.3 is 15.2 Å². The number of pyridine rings is 1. The number of hydrogen-bond acceptors (Lipinski definition) is 6. The SMILES string of the molecule is CC(C)C(=O)Nc1ccc(CNC(=O)CCc2nc(-c3ccncc3)no2)cc1. The minimum Gasteiger partial charge on any atom is -0.352 e. The molecular formula is C21H23N5O3. The molecule has 2 aromatic heterocycles. The van der Waals surface area contributed by atoms with Crippen LogP contribution in [0.15, 0.2) is 53.3 Å². The number of aromatic nitrogens is 3. The minimum absolute atomic E-state index is 0.0285. The zero-order valence-corrected chi connectivity index (χ0v) is 16.4. The Balaban J connectivity index is 1.43. The second-order valence-corrected chi connectivity index (χ2v) is 6.87. The normalized spacial score (nSPS) is 10.7. The van der Waals surface area contributed by atoms with Gasteiger partial charge in [0.15, 0.2) is 0 Å². The van der Waals surface area contributed by atoms with E-state index in [4.69, 9.17) is 4.52 Å². The van der Waals surface area contributed by atoms with Crippen LogP contribution in [0.1, 0.15) is 31.7 Å². The van der Waals surface area contributed by atoms with Gasteiger partial charge in [-0.3, -0.25) is 14.6 Å². The van der Waals surface area contributed by atoms with Gasteiger partial charge in [0.05, 0.1) is 0 Å². The van der Waals surface area contributed by atoms with Crippen molar-refractivity contribution >= 4 is 17.5 Å². The average Bonchev–Trinajstić information content (AvgIpc) is 3.21. The Morgan fingerprint density at radius 1 is 1.07 bits per heavy atom. The zero-order valence-electron chi connectivity index (χ0n) is 16.4. The van der Waals surface area contributed by atoms with Gasteiger partial charge in [-0.25, -0.2) is 0 Å². The van der Waals surface area contributed by atoms with Crippen LogP contribution in [0.4, 0.5) is 5.69 Å². The molecule has 0 aliphatic rings. The van der Waals surface area contributed by atoms with E-state index in [-0.39, 0.29) is 24.2 Å². The summed E-state index contributed by atoms with van der Waals surface area (Å²) in [5.41, 5.74) is 2.49. The molecule has 3 rings (SSSR count). The fraction of sp³-hybridized carbons (Fsp3) is 0.286. The van der Waals surface area contributed by atoms with Crippen molar-refractivity contribution in [3.05, 3.63) is 60.2 Å². The van der Waals surface area contributed by atoms with E-state index in [9.17, 15) is 9.59 Å². The van der Waals surface area contributed by atoms with E-state index in [1.807, 2.05) is 38.1 Å². The van der Waals surface area contributed by atoms with Crippen LogP contribution in [0, 0.1) is 5.92 Å². The maximum Gasteiger partial charge on any atom is 0.227 e. The van der Waals surface area contributed by atoms with E-state index in [0.29, 0.717) is 24.7 Å². The van der Waals surface area contributed by atoms with Gasteiger partial charge in [-0.05, 0) is 29.8 Å². The summed E-state index contributed by atoms with van der Waals surface area (Å²) >= 11 is 0. The number of nitrogens with zero attached hydrogens (tertiary/aromatic N) is 3. The third-order valence-electron chi connectivity index (χ3n) is 4.21. The first-order chi connectivity index (χ1) is 14.0. The van der Waals surface area contributed by atoms with Crippen molar-refractivity contribution in [2.75, 3.05) is 5.32 Å². The molecule has 0 aliphatic carbocycles. The predicted octanol–water partition coefficient (Wildman–Crippen LogP) is 2.98. The number of carbonyl (C=O) groups excluding carboxylic acids is 2. The highest BCUT2D eigenvalue weighted by Gasteiger charge is 2.11. The molecule has 2 amide bonds. The molecule has 8 nitrogen and oxygen atoms in total. The lowest BCUT2D eigenvalue weighted by molar-refractivity contribution is -0.121. The molecule has 8 heteroatoms. The second kappa shape index (κ2) is 9.59. The van der Waals surface area contributed by atoms with E-state index >= 15 is 0 Å². The number of anilines is 1. The Labute approximate surface area is 168 Å². The van der Waals surface area contributed by atoms with Crippen molar-refractivity contribution < 1.29 is 14.1 Å². The quantitative estimate of drug-likeness (QED) is 0.609. The molecule has 0 aliphatic heterocycles. The van der Waals surface area contributed by atoms with Crippen molar-refractivity contribution in [3.63, 3.8) is 0 Å². The molecular weight excluding hydrogens is 370 g/mol. The number of carbonyl (C=O) groups is 2. The molecule has 0 fully saturated rings. The van der Waals surface area contributed by atoms with Crippen LogP contribution in [0.5, 0.6) is 0 Å². The van der Waals surface area contributed by atoms with Crippen LogP contribution in [-0.4, -0.2) is 26.9 Å². The van der Waals surface area contributed by atoms with Gasteiger partial charge >= 0.3 is 0 Å². The molecule has 0 spiro atoms. The van der Waals surface area contributed by atoms with Crippen LogP contribution < -0.4 is 10.6 Å². The number of aryl methyl sites for hydroxylation is 1. The van der Waals surface area contributed by atoms with Gasteiger partial charge in [-0.2, -0.15) is 4.98 Å². The Bertz CT molecular complexity index is 952. The van der Waals surface area contributed by atoms with E-state index in [1.54, 1.807) is 24.5 Å². The van der Waals surface area contributed by atoms with E-state index < -0.39 is 0 Å². The fourth-order valence-corrected chi connectivity index (χ4v) is 2.48. The van der Waals surface area contributed by atoms with Gasteiger partial charge in [0, 0.05) is 48.9 Å². The summed E-state index contributed by atoms with van der Waals surface area (Å²) in [5, 5.41) is 9.62. The summed E-state index contributed by atoms with van der Waals surface area (Å²) < 4.78 is 5.20. The smallest absolute Gasteiger partial charge is 0.227 e. The van der Waals surface area contributed by atoms with Crippen LogP contribution in [0.25, 0.3) is 11.4 Å². The highest BCUT2D eigenvalue weighted by molar-refractivity contribution is 5.92. The maximum absolute atomic E-state index is 12.1. The van der Waals surface area contributed by atoms with Crippen molar-refractivity contribution in [3.8, 4) is 11.4 Å². The molecule has 0 unspecified atom stereocenters. The standard InChI is InChI=1S/C21H23N5O3/c1-14(2)21(28)24-17-5-3-15(4-6-17)13-23-18(27)7-8-19-25-20(26-29-19)16-9-11-22-12-10-16/h3-6,9-12,14H,7-8,13H2,1-2H3,(H,23,27)(H,24,28).